The second-order valence-corrected chi connectivity index (χ2v) is 7.44. The van der Waals surface area contributed by atoms with Crippen LogP contribution in [0.3, 0.4) is 0 Å². The van der Waals surface area contributed by atoms with Gasteiger partial charge in [-0.1, -0.05) is 11.6 Å². The predicted molar refractivity (Wildman–Crippen MR) is 104 cm³/mol. The molecule has 5 rings (SSSR count). The first-order valence-corrected chi connectivity index (χ1v) is 9.26. The molecule has 0 aliphatic heterocycles. The van der Waals surface area contributed by atoms with Crippen LogP contribution in [0.15, 0.2) is 50.0 Å². The van der Waals surface area contributed by atoms with Crippen molar-refractivity contribution in [2.75, 3.05) is 0 Å². The van der Waals surface area contributed by atoms with Gasteiger partial charge < -0.3 is 8.83 Å². The van der Waals surface area contributed by atoms with Crippen LogP contribution < -0.4 is 5.63 Å². The Labute approximate surface area is 155 Å². The van der Waals surface area contributed by atoms with Crippen molar-refractivity contribution in [3.05, 3.63) is 68.5 Å². The Morgan fingerprint density at radius 2 is 1.65 bits per heavy atom. The summed E-state index contributed by atoms with van der Waals surface area (Å²) in [5.74, 6) is 0.705. The third kappa shape index (κ3) is 2.38. The Kier molecular flexibility index (Phi) is 3.47. The number of fused-ring (bicyclic) bond motifs is 3. The highest BCUT2D eigenvalue weighted by Crippen LogP contribution is 2.38. The van der Waals surface area contributed by atoms with Crippen LogP contribution in [0.2, 0.25) is 5.02 Å². The van der Waals surface area contributed by atoms with Crippen LogP contribution >= 0.6 is 11.6 Å². The van der Waals surface area contributed by atoms with Crippen LogP contribution in [0.25, 0.3) is 33.3 Å². The quantitative estimate of drug-likeness (QED) is 0.386. The van der Waals surface area contributed by atoms with E-state index in [2.05, 4.69) is 6.07 Å². The van der Waals surface area contributed by atoms with E-state index in [4.69, 9.17) is 20.4 Å². The van der Waals surface area contributed by atoms with Crippen LogP contribution in [-0.4, -0.2) is 0 Å². The molecular weight excluding hydrogens is 348 g/mol. The third-order valence-electron chi connectivity index (χ3n) is 5.35. The molecule has 26 heavy (non-hydrogen) atoms. The van der Waals surface area contributed by atoms with E-state index in [1.165, 1.54) is 30.0 Å². The first-order chi connectivity index (χ1) is 12.6. The minimum absolute atomic E-state index is 0.360. The SMILES string of the molecule is Cc1c(-c2cc(=O)oc3cc4c(cc23)CCCC4)oc2ccc(Cl)cc12. The maximum absolute atomic E-state index is 12.2. The molecule has 1 aliphatic carbocycles. The van der Waals surface area contributed by atoms with Gasteiger partial charge in [0.25, 0.3) is 0 Å². The zero-order chi connectivity index (χ0) is 17.8. The van der Waals surface area contributed by atoms with Crippen LogP contribution in [0.1, 0.15) is 29.5 Å². The molecule has 3 nitrogen and oxygen atoms in total. The Hall–Kier alpha value is -2.52. The lowest BCUT2D eigenvalue weighted by Gasteiger charge is -2.16. The molecule has 0 fully saturated rings. The first-order valence-electron chi connectivity index (χ1n) is 8.89. The normalized spacial score (nSPS) is 14.1. The molecular formula is C22H17ClO3. The van der Waals surface area contributed by atoms with Gasteiger partial charge in [-0.3, -0.25) is 0 Å². The maximum Gasteiger partial charge on any atom is 0.336 e. The Balaban J connectivity index is 1.84. The molecule has 2 heterocycles. The lowest BCUT2D eigenvalue weighted by molar-refractivity contribution is 0.558. The maximum atomic E-state index is 12.2. The molecule has 2 aromatic heterocycles. The zero-order valence-corrected chi connectivity index (χ0v) is 15.2. The van der Waals surface area contributed by atoms with Crippen LogP contribution in [0.4, 0.5) is 0 Å². The number of benzene rings is 2. The number of halogens is 1. The van der Waals surface area contributed by atoms with Crippen molar-refractivity contribution in [1.82, 2.24) is 0 Å². The number of furan rings is 1. The second kappa shape index (κ2) is 5.75. The molecule has 0 bridgehead atoms. The minimum atomic E-state index is -0.360. The summed E-state index contributed by atoms with van der Waals surface area (Å²) in [6.07, 6.45) is 4.50. The number of rotatable bonds is 1. The zero-order valence-electron chi connectivity index (χ0n) is 14.4. The van der Waals surface area contributed by atoms with E-state index in [0.717, 1.165) is 40.3 Å². The average Bonchev–Trinajstić information content (AvgIpc) is 2.95. The Morgan fingerprint density at radius 3 is 2.46 bits per heavy atom. The summed E-state index contributed by atoms with van der Waals surface area (Å²) in [5.41, 5.74) is 5.43. The fourth-order valence-corrected chi connectivity index (χ4v) is 4.20. The van der Waals surface area contributed by atoms with E-state index in [-0.39, 0.29) is 5.63 Å². The lowest BCUT2D eigenvalue weighted by Crippen LogP contribution is -2.04. The molecule has 4 aromatic rings. The van der Waals surface area contributed by atoms with E-state index in [1.54, 1.807) is 0 Å². The van der Waals surface area contributed by atoms with E-state index < -0.39 is 0 Å². The second-order valence-electron chi connectivity index (χ2n) is 7.00. The van der Waals surface area contributed by atoms with E-state index >= 15 is 0 Å². The molecule has 0 spiro atoms. The van der Waals surface area contributed by atoms with Crippen molar-refractivity contribution in [1.29, 1.82) is 0 Å². The van der Waals surface area contributed by atoms with Crippen LogP contribution in [-0.2, 0) is 12.8 Å². The fraction of sp³-hybridized carbons (Fsp3) is 0.227. The third-order valence-corrected chi connectivity index (χ3v) is 5.58. The van der Waals surface area contributed by atoms with Gasteiger partial charge >= 0.3 is 5.63 Å². The van der Waals surface area contributed by atoms with Crippen molar-refractivity contribution in [3.8, 4) is 11.3 Å². The number of hydrogen-bond donors (Lipinski definition) is 0. The highest BCUT2D eigenvalue weighted by Gasteiger charge is 2.19. The van der Waals surface area contributed by atoms with Crippen molar-refractivity contribution >= 4 is 33.5 Å². The van der Waals surface area contributed by atoms with Gasteiger partial charge in [-0.25, -0.2) is 4.79 Å². The Bertz CT molecular complexity index is 1230. The molecule has 0 unspecified atom stereocenters. The average molecular weight is 365 g/mol. The molecule has 1 aliphatic rings. The van der Waals surface area contributed by atoms with Crippen LogP contribution in [0, 0.1) is 6.92 Å². The van der Waals surface area contributed by atoms with Gasteiger partial charge in [0.1, 0.15) is 16.9 Å². The fourth-order valence-electron chi connectivity index (χ4n) is 4.03. The monoisotopic (exact) mass is 364 g/mol. The van der Waals surface area contributed by atoms with Gasteiger partial charge in [-0.2, -0.15) is 0 Å². The van der Waals surface area contributed by atoms with Crippen molar-refractivity contribution in [3.63, 3.8) is 0 Å². The summed E-state index contributed by atoms with van der Waals surface area (Å²) in [7, 11) is 0. The van der Waals surface area contributed by atoms with E-state index in [0.29, 0.717) is 16.4 Å². The van der Waals surface area contributed by atoms with E-state index in [9.17, 15) is 4.79 Å². The van der Waals surface area contributed by atoms with Gasteiger partial charge in [0, 0.05) is 33.0 Å². The highest BCUT2D eigenvalue weighted by molar-refractivity contribution is 6.31. The summed E-state index contributed by atoms with van der Waals surface area (Å²) < 4.78 is 11.6. The molecule has 0 atom stereocenters. The van der Waals surface area contributed by atoms with Crippen molar-refractivity contribution in [2.45, 2.75) is 32.6 Å². The molecule has 0 amide bonds. The summed E-state index contributed by atoms with van der Waals surface area (Å²) in [5, 5.41) is 2.56. The van der Waals surface area contributed by atoms with E-state index in [1.807, 2.05) is 31.2 Å². The standard InChI is InChI=1S/C22H17ClO3/c1-12-16-10-15(23)6-7-19(16)26-22(12)18-11-21(24)25-20-9-14-5-3-2-4-13(14)8-17(18)20/h6-11H,2-5H2,1H3. The predicted octanol–water partition coefficient (Wildman–Crippen LogP) is 6.05. The van der Waals surface area contributed by atoms with Gasteiger partial charge in [-0.05, 0) is 74.1 Å². The topological polar surface area (TPSA) is 43.4 Å². The molecule has 0 saturated carbocycles. The first kappa shape index (κ1) is 15.7. The summed E-state index contributed by atoms with van der Waals surface area (Å²) >= 11 is 6.14. The smallest absolute Gasteiger partial charge is 0.336 e. The minimum Gasteiger partial charge on any atom is -0.456 e. The van der Waals surface area contributed by atoms with Crippen molar-refractivity contribution < 1.29 is 8.83 Å². The molecule has 0 N–H and O–H groups in total. The molecule has 0 saturated heterocycles. The summed E-state index contributed by atoms with van der Waals surface area (Å²) in [6.45, 7) is 2.00. The van der Waals surface area contributed by atoms with Crippen LogP contribution in [0.5, 0.6) is 0 Å². The molecule has 130 valence electrons. The number of aryl methyl sites for hydroxylation is 3. The van der Waals surface area contributed by atoms with Gasteiger partial charge in [-0.15, -0.1) is 0 Å². The van der Waals surface area contributed by atoms with Gasteiger partial charge in [0.05, 0.1) is 0 Å². The molecule has 2 aromatic carbocycles. The summed E-state index contributed by atoms with van der Waals surface area (Å²) in [6, 6.07) is 11.3. The molecule has 0 radical (unpaired) electrons. The Morgan fingerprint density at radius 1 is 0.885 bits per heavy atom. The van der Waals surface area contributed by atoms with Gasteiger partial charge in [0.15, 0.2) is 0 Å². The van der Waals surface area contributed by atoms with Crippen molar-refractivity contribution in [2.24, 2.45) is 0 Å². The lowest BCUT2D eigenvalue weighted by atomic mass is 9.89. The molecule has 4 heteroatoms. The highest BCUT2D eigenvalue weighted by atomic mass is 35.5. The van der Waals surface area contributed by atoms with Gasteiger partial charge in [0.2, 0.25) is 0 Å². The number of hydrogen-bond acceptors (Lipinski definition) is 3. The summed E-state index contributed by atoms with van der Waals surface area (Å²) in [4.78, 5) is 12.2. The largest absolute Gasteiger partial charge is 0.456 e.